The van der Waals surface area contributed by atoms with Gasteiger partial charge >= 0.3 is 0 Å². The van der Waals surface area contributed by atoms with Gasteiger partial charge in [-0.2, -0.15) is 0 Å². The summed E-state index contributed by atoms with van der Waals surface area (Å²) >= 11 is 1.61. The number of nitrogens with zero attached hydrogens (tertiary/aromatic N) is 3. The highest BCUT2D eigenvalue weighted by molar-refractivity contribution is 7.98. The third-order valence-corrected chi connectivity index (χ3v) is 4.41. The van der Waals surface area contributed by atoms with Gasteiger partial charge in [0, 0.05) is 25.1 Å². The van der Waals surface area contributed by atoms with Gasteiger partial charge in [0.25, 0.3) is 5.91 Å². The van der Waals surface area contributed by atoms with Crippen molar-refractivity contribution in [2.24, 2.45) is 5.92 Å². The maximum atomic E-state index is 12.1. The first kappa shape index (κ1) is 19.3. The molecule has 2 rings (SSSR count). The van der Waals surface area contributed by atoms with E-state index >= 15 is 0 Å². The van der Waals surface area contributed by atoms with Gasteiger partial charge in [0.1, 0.15) is 11.6 Å². The Balaban J connectivity index is 1.84. The molecule has 0 aliphatic heterocycles. The van der Waals surface area contributed by atoms with Crippen molar-refractivity contribution in [2.45, 2.75) is 38.4 Å². The molecule has 7 heteroatoms. The van der Waals surface area contributed by atoms with Crippen LogP contribution >= 0.6 is 11.8 Å². The van der Waals surface area contributed by atoms with Gasteiger partial charge < -0.3 is 14.6 Å². The first-order chi connectivity index (χ1) is 12.0. The molecule has 1 heterocycles. The molecule has 6 nitrogen and oxygen atoms in total. The molecular weight excluding hydrogens is 336 g/mol. The highest BCUT2D eigenvalue weighted by Gasteiger charge is 2.12. The molecule has 0 aliphatic rings. The van der Waals surface area contributed by atoms with E-state index in [0.29, 0.717) is 18.0 Å². The van der Waals surface area contributed by atoms with Gasteiger partial charge in [0.15, 0.2) is 5.16 Å². The van der Waals surface area contributed by atoms with Crippen molar-refractivity contribution in [3.8, 4) is 5.75 Å². The Morgan fingerprint density at radius 2 is 2.00 bits per heavy atom. The molecule has 1 aromatic carbocycles. The number of thioether (sulfide) groups is 1. The molecule has 0 bridgehead atoms. The van der Waals surface area contributed by atoms with Crippen molar-refractivity contribution in [1.29, 1.82) is 0 Å². The number of benzene rings is 1. The van der Waals surface area contributed by atoms with E-state index in [1.54, 1.807) is 43.1 Å². The minimum Gasteiger partial charge on any atom is -0.497 e. The highest BCUT2D eigenvalue weighted by Crippen LogP contribution is 2.16. The lowest BCUT2D eigenvalue weighted by atomic mass is 10.2. The van der Waals surface area contributed by atoms with Crippen LogP contribution in [0.3, 0.4) is 0 Å². The lowest BCUT2D eigenvalue weighted by molar-refractivity contribution is 0.0953. The Kier molecular flexibility index (Phi) is 7.31. The van der Waals surface area contributed by atoms with Crippen molar-refractivity contribution in [1.82, 2.24) is 20.1 Å². The molecule has 1 amide bonds. The van der Waals surface area contributed by atoms with Crippen LogP contribution in [0, 0.1) is 5.92 Å². The average Bonchev–Trinajstić information content (AvgIpc) is 2.99. The molecule has 0 aliphatic carbocycles. The lowest BCUT2D eigenvalue weighted by Gasteiger charge is -2.11. The molecule has 0 saturated heterocycles. The molecule has 2 aromatic rings. The molecule has 1 N–H and O–H groups in total. The first-order valence-corrected chi connectivity index (χ1v) is 9.66. The van der Waals surface area contributed by atoms with Crippen LogP contribution < -0.4 is 10.1 Å². The van der Waals surface area contributed by atoms with Gasteiger partial charge in [0.05, 0.1) is 7.11 Å². The lowest BCUT2D eigenvalue weighted by Crippen LogP contribution is -2.25. The predicted molar refractivity (Wildman–Crippen MR) is 100 cm³/mol. The second-order valence-electron chi connectivity index (χ2n) is 6.20. The van der Waals surface area contributed by atoms with Crippen LogP contribution in [0.2, 0.25) is 0 Å². The summed E-state index contributed by atoms with van der Waals surface area (Å²) in [6.07, 6.45) is 3.63. The fourth-order valence-corrected chi connectivity index (χ4v) is 3.02. The van der Waals surface area contributed by atoms with Gasteiger partial charge in [-0.15, -0.1) is 10.2 Å². The first-order valence-electron chi connectivity index (χ1n) is 8.43. The van der Waals surface area contributed by atoms with Crippen LogP contribution in [-0.4, -0.2) is 40.6 Å². The van der Waals surface area contributed by atoms with Crippen molar-refractivity contribution in [3.05, 3.63) is 35.7 Å². The minimum absolute atomic E-state index is 0.0731. The molecule has 1 aromatic heterocycles. The zero-order valence-corrected chi connectivity index (χ0v) is 16.1. The second-order valence-corrected chi connectivity index (χ2v) is 6.97. The number of carbonyl (C=O) groups is 1. The third kappa shape index (κ3) is 5.49. The summed E-state index contributed by atoms with van der Waals surface area (Å²) in [4.78, 5) is 12.1. The maximum absolute atomic E-state index is 12.1. The van der Waals surface area contributed by atoms with Gasteiger partial charge in [-0.05, 0) is 42.9 Å². The van der Waals surface area contributed by atoms with E-state index in [9.17, 15) is 4.79 Å². The summed E-state index contributed by atoms with van der Waals surface area (Å²) in [6.45, 7) is 5.89. The molecule has 0 saturated carbocycles. The van der Waals surface area contributed by atoms with Crippen LogP contribution in [0.1, 0.15) is 36.5 Å². The van der Waals surface area contributed by atoms with Gasteiger partial charge in [-0.1, -0.05) is 25.6 Å². The minimum atomic E-state index is -0.0731. The molecule has 136 valence electrons. The quantitative estimate of drug-likeness (QED) is 0.548. The van der Waals surface area contributed by atoms with E-state index < -0.39 is 0 Å². The topological polar surface area (TPSA) is 69.0 Å². The number of amides is 1. The molecule has 0 spiro atoms. The Bertz CT molecular complexity index is 683. The number of nitrogens with one attached hydrogen (secondary N) is 1. The zero-order valence-electron chi connectivity index (χ0n) is 15.3. The molecule has 0 fully saturated rings. The van der Waals surface area contributed by atoms with E-state index in [4.69, 9.17) is 4.74 Å². The number of hydrogen-bond acceptors (Lipinski definition) is 5. The molecular formula is C18H26N4O2S. The van der Waals surface area contributed by atoms with Crippen molar-refractivity contribution in [2.75, 3.05) is 19.9 Å². The second kappa shape index (κ2) is 9.46. The molecule has 0 atom stereocenters. The van der Waals surface area contributed by atoms with E-state index in [1.807, 2.05) is 6.26 Å². The number of aromatic nitrogens is 3. The Morgan fingerprint density at radius 3 is 2.60 bits per heavy atom. The maximum Gasteiger partial charge on any atom is 0.251 e. The molecule has 25 heavy (non-hydrogen) atoms. The number of rotatable bonds is 9. The van der Waals surface area contributed by atoms with Gasteiger partial charge in [-0.3, -0.25) is 4.79 Å². The van der Waals surface area contributed by atoms with E-state index in [-0.39, 0.29) is 5.91 Å². The monoisotopic (exact) mass is 362 g/mol. The number of carbonyl (C=O) groups excluding carboxylic acids is 1. The van der Waals surface area contributed by atoms with Crippen LogP contribution in [-0.2, 0) is 13.0 Å². The number of methoxy groups -OCH3 is 1. The Morgan fingerprint density at radius 1 is 1.28 bits per heavy atom. The summed E-state index contributed by atoms with van der Waals surface area (Å²) in [5.41, 5.74) is 0.633. The van der Waals surface area contributed by atoms with Crippen molar-refractivity contribution in [3.63, 3.8) is 0 Å². The summed E-state index contributed by atoms with van der Waals surface area (Å²) < 4.78 is 7.28. The van der Waals surface area contributed by atoms with Crippen LogP contribution in [0.4, 0.5) is 0 Å². The van der Waals surface area contributed by atoms with Gasteiger partial charge in [-0.25, -0.2) is 0 Å². The van der Waals surface area contributed by atoms with Crippen LogP contribution in [0.15, 0.2) is 29.4 Å². The van der Waals surface area contributed by atoms with Crippen molar-refractivity contribution >= 4 is 17.7 Å². The molecule has 0 unspecified atom stereocenters. The number of ether oxygens (including phenoxy) is 1. The normalized spacial score (nSPS) is 10.9. The van der Waals surface area contributed by atoms with Crippen LogP contribution in [0.25, 0.3) is 0 Å². The fraction of sp³-hybridized carbons (Fsp3) is 0.500. The SMILES string of the molecule is COc1ccc(C(=O)NCCCc2nnc(SC)n2CC(C)C)cc1. The Labute approximate surface area is 153 Å². The largest absolute Gasteiger partial charge is 0.497 e. The summed E-state index contributed by atoms with van der Waals surface area (Å²) in [6, 6.07) is 7.09. The standard InChI is InChI=1S/C18H26N4O2S/c1-13(2)12-22-16(20-21-18(22)25-4)6-5-11-19-17(23)14-7-9-15(24-3)10-8-14/h7-10,13H,5-6,11-12H2,1-4H3,(H,19,23). The summed E-state index contributed by atoms with van der Waals surface area (Å²) in [7, 11) is 1.61. The smallest absolute Gasteiger partial charge is 0.251 e. The van der Waals surface area contributed by atoms with E-state index in [2.05, 4.69) is 33.9 Å². The highest BCUT2D eigenvalue weighted by atomic mass is 32.2. The summed E-state index contributed by atoms with van der Waals surface area (Å²) in [5.74, 6) is 2.19. The number of aryl methyl sites for hydroxylation is 1. The van der Waals surface area contributed by atoms with E-state index in [0.717, 1.165) is 36.1 Å². The predicted octanol–water partition coefficient (Wildman–Crippen LogP) is 3.03. The Hall–Kier alpha value is -2.02. The molecule has 0 radical (unpaired) electrons. The van der Waals surface area contributed by atoms with E-state index in [1.165, 1.54) is 0 Å². The van der Waals surface area contributed by atoms with Gasteiger partial charge in [0.2, 0.25) is 0 Å². The zero-order chi connectivity index (χ0) is 18.2. The third-order valence-electron chi connectivity index (χ3n) is 3.74. The number of hydrogen-bond donors (Lipinski definition) is 1. The van der Waals surface area contributed by atoms with Crippen molar-refractivity contribution < 1.29 is 9.53 Å². The van der Waals surface area contributed by atoms with Crippen LogP contribution in [0.5, 0.6) is 5.75 Å². The average molecular weight is 362 g/mol. The fourth-order valence-electron chi connectivity index (χ4n) is 2.50. The summed E-state index contributed by atoms with van der Waals surface area (Å²) in [5, 5.41) is 12.4.